The molecule has 0 fully saturated rings. The Morgan fingerprint density at radius 1 is 1.19 bits per heavy atom. The van der Waals surface area contributed by atoms with Crippen LogP contribution >= 0.6 is 11.6 Å². The smallest absolute Gasteiger partial charge is 0.272 e. The second-order valence-corrected chi connectivity index (χ2v) is 9.59. The topological polar surface area (TPSA) is 105 Å². The van der Waals surface area contributed by atoms with Crippen molar-refractivity contribution in [3.8, 4) is 0 Å². The molecule has 0 aliphatic carbocycles. The summed E-state index contributed by atoms with van der Waals surface area (Å²) in [5.41, 5.74) is 8.14. The molecule has 0 radical (unpaired) electrons. The fourth-order valence-electron chi connectivity index (χ4n) is 3.95. The number of hydrogen-bond acceptors (Lipinski definition) is 4. The minimum atomic E-state index is -1.17. The molecule has 3 atom stereocenters. The highest BCUT2D eigenvalue weighted by molar-refractivity contribution is 6.32. The molecule has 1 aliphatic heterocycles. The van der Waals surface area contributed by atoms with Gasteiger partial charge in [0, 0.05) is 35.0 Å². The molecule has 0 unspecified atom stereocenters. The minimum absolute atomic E-state index is 0.157. The normalized spacial score (nSPS) is 16.5. The Morgan fingerprint density at radius 3 is 2.36 bits per heavy atom. The number of likely N-dealkylation sites (N-methyl/N-ethyl adjacent to an activating group) is 1. The van der Waals surface area contributed by atoms with Crippen LogP contribution in [0.15, 0.2) is 66.2 Å². The van der Waals surface area contributed by atoms with Gasteiger partial charge in [-0.1, -0.05) is 68.8 Å². The predicted molar refractivity (Wildman–Crippen MR) is 146 cm³/mol. The van der Waals surface area contributed by atoms with Gasteiger partial charge in [-0.25, -0.2) is 4.99 Å². The van der Waals surface area contributed by atoms with E-state index >= 15 is 0 Å². The van der Waals surface area contributed by atoms with Crippen molar-refractivity contribution in [3.63, 3.8) is 0 Å². The molecule has 0 saturated heterocycles. The van der Waals surface area contributed by atoms with Crippen molar-refractivity contribution in [2.45, 2.75) is 40.3 Å². The highest BCUT2D eigenvalue weighted by Gasteiger charge is 2.35. The molecule has 0 aromatic heterocycles. The number of benzodiazepines with no additional fused rings is 1. The standard InChI is InChI=1S/C25H29ClN4O3.C3H6/c1-14(2)12-18(15(3)22(27)31)24(32)29-23-25(33)30(4)20-11-10-17(26)13-19(20)21(28-23)16-8-6-5-7-9-16;1-3-2/h5-11,13-15,18,23H,12H2,1-4H3,(H2,27,31)(H,29,32);3H,1H2,2H3/t15-,18+,23+;/m0./s1. The van der Waals surface area contributed by atoms with Crippen LogP contribution in [0.4, 0.5) is 5.69 Å². The molecule has 7 nitrogen and oxygen atoms in total. The van der Waals surface area contributed by atoms with Gasteiger partial charge in [-0.3, -0.25) is 14.4 Å². The third kappa shape index (κ3) is 7.04. The van der Waals surface area contributed by atoms with Gasteiger partial charge in [0.05, 0.1) is 11.4 Å². The van der Waals surface area contributed by atoms with Gasteiger partial charge in [0.25, 0.3) is 5.91 Å². The molecule has 0 spiro atoms. The van der Waals surface area contributed by atoms with Crippen LogP contribution < -0.4 is 16.0 Å². The minimum Gasteiger partial charge on any atom is -0.369 e. The molecule has 8 heteroatoms. The molecular weight excluding hydrogens is 476 g/mol. The van der Waals surface area contributed by atoms with Crippen LogP contribution in [0, 0.1) is 17.8 Å². The number of rotatable bonds is 7. The molecule has 2 aromatic rings. The number of benzene rings is 2. The van der Waals surface area contributed by atoms with Crippen LogP contribution in [0.3, 0.4) is 0 Å². The Bertz CT molecular complexity index is 1130. The molecule has 192 valence electrons. The first-order valence-electron chi connectivity index (χ1n) is 11.9. The van der Waals surface area contributed by atoms with Crippen molar-refractivity contribution >= 4 is 40.7 Å². The number of nitrogens with two attached hydrogens (primary N) is 1. The molecule has 2 aromatic carbocycles. The number of carbonyl (C=O) groups excluding carboxylic acids is 3. The Hall–Kier alpha value is -3.45. The maximum atomic E-state index is 13.3. The summed E-state index contributed by atoms with van der Waals surface area (Å²) in [5, 5.41) is 3.28. The van der Waals surface area contributed by atoms with Crippen molar-refractivity contribution < 1.29 is 14.4 Å². The van der Waals surface area contributed by atoms with E-state index < -0.39 is 35.7 Å². The summed E-state index contributed by atoms with van der Waals surface area (Å²) >= 11 is 6.27. The van der Waals surface area contributed by atoms with Gasteiger partial charge in [-0.2, -0.15) is 0 Å². The van der Waals surface area contributed by atoms with E-state index in [2.05, 4.69) is 16.9 Å². The number of halogens is 1. The van der Waals surface area contributed by atoms with Crippen LogP contribution in [0.2, 0.25) is 5.02 Å². The van der Waals surface area contributed by atoms with E-state index in [1.807, 2.05) is 51.1 Å². The van der Waals surface area contributed by atoms with Crippen LogP contribution in [0.25, 0.3) is 0 Å². The van der Waals surface area contributed by atoms with E-state index in [0.29, 0.717) is 28.4 Å². The fourth-order valence-corrected chi connectivity index (χ4v) is 4.12. The molecule has 0 bridgehead atoms. The number of carbonyl (C=O) groups is 3. The number of allylic oxidation sites excluding steroid dienone is 1. The van der Waals surface area contributed by atoms with Gasteiger partial charge in [0.2, 0.25) is 18.0 Å². The van der Waals surface area contributed by atoms with E-state index in [4.69, 9.17) is 17.3 Å². The summed E-state index contributed by atoms with van der Waals surface area (Å²) in [4.78, 5) is 44.6. The maximum Gasteiger partial charge on any atom is 0.272 e. The van der Waals surface area contributed by atoms with Gasteiger partial charge < -0.3 is 16.0 Å². The number of fused-ring (bicyclic) bond motifs is 1. The van der Waals surface area contributed by atoms with E-state index in [1.54, 1.807) is 38.2 Å². The lowest BCUT2D eigenvalue weighted by molar-refractivity contribution is -0.135. The lowest BCUT2D eigenvalue weighted by atomic mass is 9.85. The molecule has 3 amide bonds. The number of primary amides is 1. The number of aliphatic imine (C=N–C) groups is 1. The Kier molecular flexibility index (Phi) is 10.4. The first kappa shape index (κ1) is 28.8. The summed E-state index contributed by atoms with van der Waals surface area (Å²) in [6.45, 7) is 10.8. The Balaban J connectivity index is 0.00000145. The SMILES string of the molecule is C=CC.CC(C)C[C@@H](C(=O)N[C@H]1N=C(c2ccccc2)c2cc(Cl)ccc2N(C)C1=O)[C@H](C)C(N)=O. The van der Waals surface area contributed by atoms with E-state index in [9.17, 15) is 14.4 Å². The monoisotopic (exact) mass is 510 g/mol. The van der Waals surface area contributed by atoms with E-state index in [-0.39, 0.29) is 5.92 Å². The van der Waals surface area contributed by atoms with Crippen LogP contribution in [0.5, 0.6) is 0 Å². The van der Waals surface area contributed by atoms with Crippen molar-refractivity contribution in [1.82, 2.24) is 5.32 Å². The summed E-state index contributed by atoms with van der Waals surface area (Å²) < 4.78 is 0. The first-order chi connectivity index (χ1) is 17.0. The lowest BCUT2D eigenvalue weighted by Crippen LogP contribution is -2.49. The van der Waals surface area contributed by atoms with Crippen molar-refractivity contribution in [3.05, 3.63) is 77.3 Å². The third-order valence-corrected chi connectivity index (χ3v) is 6.07. The lowest BCUT2D eigenvalue weighted by Gasteiger charge is -2.25. The van der Waals surface area contributed by atoms with Gasteiger partial charge in [-0.05, 0) is 37.5 Å². The molecule has 3 rings (SSSR count). The van der Waals surface area contributed by atoms with Crippen molar-refractivity contribution in [2.24, 2.45) is 28.5 Å². The molecule has 0 saturated carbocycles. The Labute approximate surface area is 218 Å². The van der Waals surface area contributed by atoms with Crippen LogP contribution in [-0.2, 0) is 14.4 Å². The van der Waals surface area contributed by atoms with E-state index in [1.165, 1.54) is 4.90 Å². The maximum absolute atomic E-state index is 13.3. The second-order valence-electron chi connectivity index (χ2n) is 9.15. The average molecular weight is 511 g/mol. The highest BCUT2D eigenvalue weighted by atomic mass is 35.5. The summed E-state index contributed by atoms with van der Waals surface area (Å²) in [6, 6.07) is 14.6. The number of nitrogens with zero attached hydrogens (tertiary/aromatic N) is 2. The van der Waals surface area contributed by atoms with E-state index in [0.717, 1.165) is 5.56 Å². The number of anilines is 1. The summed E-state index contributed by atoms with van der Waals surface area (Å²) in [6.07, 6.45) is 1.04. The largest absolute Gasteiger partial charge is 0.369 e. The molecule has 3 N–H and O–H groups in total. The Morgan fingerprint density at radius 2 is 1.81 bits per heavy atom. The zero-order valence-corrected chi connectivity index (χ0v) is 22.3. The number of amides is 3. The van der Waals surface area contributed by atoms with Gasteiger partial charge in [0.15, 0.2) is 0 Å². The number of hydrogen-bond donors (Lipinski definition) is 2. The second kappa shape index (κ2) is 13.0. The van der Waals surface area contributed by atoms with Crippen molar-refractivity contribution in [2.75, 3.05) is 11.9 Å². The third-order valence-electron chi connectivity index (χ3n) is 5.84. The average Bonchev–Trinajstić information content (AvgIpc) is 2.93. The van der Waals surface area contributed by atoms with Crippen LogP contribution in [-0.4, -0.2) is 36.6 Å². The van der Waals surface area contributed by atoms with Gasteiger partial charge >= 0.3 is 0 Å². The van der Waals surface area contributed by atoms with Crippen LogP contribution in [0.1, 0.15) is 45.2 Å². The molecule has 1 aliphatic rings. The van der Waals surface area contributed by atoms with Crippen molar-refractivity contribution in [1.29, 1.82) is 0 Å². The van der Waals surface area contributed by atoms with Gasteiger partial charge in [-0.15, -0.1) is 6.58 Å². The highest BCUT2D eigenvalue weighted by Crippen LogP contribution is 2.30. The predicted octanol–water partition coefficient (Wildman–Crippen LogP) is 4.57. The molecular formula is C28H35ClN4O3. The molecule has 1 heterocycles. The number of nitrogens with one attached hydrogen (secondary N) is 1. The molecule has 36 heavy (non-hydrogen) atoms. The van der Waals surface area contributed by atoms with Gasteiger partial charge in [0.1, 0.15) is 0 Å². The summed E-state index contributed by atoms with van der Waals surface area (Å²) in [5.74, 6) is -2.58. The zero-order valence-electron chi connectivity index (χ0n) is 21.5. The zero-order chi connectivity index (χ0) is 27.0. The quantitative estimate of drug-likeness (QED) is 0.533. The summed E-state index contributed by atoms with van der Waals surface area (Å²) in [7, 11) is 1.63. The fraction of sp³-hybridized carbons (Fsp3) is 0.357. The first-order valence-corrected chi connectivity index (χ1v) is 12.3.